The highest BCUT2D eigenvalue weighted by molar-refractivity contribution is 14.0. The predicted octanol–water partition coefficient (Wildman–Crippen LogP) is 3.06. The summed E-state index contributed by atoms with van der Waals surface area (Å²) in [5, 5.41) is 9.35. The normalized spacial score (nSPS) is 10.7. The Morgan fingerprint density at radius 3 is 2.38 bits per heavy atom. The molecular formula is C18H31IN4O. The zero-order chi connectivity index (χ0) is 16.8. The Hall–Kier alpha value is -1.31. The van der Waals surface area contributed by atoms with Crippen molar-refractivity contribution in [1.82, 2.24) is 16.0 Å². The first-order valence-electron chi connectivity index (χ1n) is 8.51. The van der Waals surface area contributed by atoms with Gasteiger partial charge in [0.1, 0.15) is 0 Å². The molecule has 0 saturated heterocycles. The smallest absolute Gasteiger partial charge is 0.222 e. The number of carbonyl (C=O) groups is 1. The number of halogens is 1. The number of aliphatic imine (C=N–C) groups is 1. The van der Waals surface area contributed by atoms with Crippen LogP contribution in [0.25, 0.3) is 0 Å². The molecule has 0 bridgehead atoms. The molecule has 0 aliphatic carbocycles. The van der Waals surface area contributed by atoms with Crippen molar-refractivity contribution < 1.29 is 4.79 Å². The van der Waals surface area contributed by atoms with Gasteiger partial charge in [0, 0.05) is 33.1 Å². The number of guanidine groups is 1. The van der Waals surface area contributed by atoms with Crippen molar-refractivity contribution >= 4 is 35.8 Å². The van der Waals surface area contributed by atoms with E-state index >= 15 is 0 Å². The molecule has 3 N–H and O–H groups in total. The maximum Gasteiger partial charge on any atom is 0.222 e. The lowest BCUT2D eigenvalue weighted by Gasteiger charge is -2.11. The van der Waals surface area contributed by atoms with Crippen LogP contribution in [0.3, 0.4) is 0 Å². The van der Waals surface area contributed by atoms with Crippen molar-refractivity contribution in [3.8, 4) is 0 Å². The van der Waals surface area contributed by atoms with Gasteiger partial charge in [-0.15, -0.1) is 24.0 Å². The summed E-state index contributed by atoms with van der Waals surface area (Å²) in [7, 11) is 1.75. The highest BCUT2D eigenvalue weighted by Gasteiger charge is 2.02. The van der Waals surface area contributed by atoms with Crippen LogP contribution < -0.4 is 16.0 Å². The van der Waals surface area contributed by atoms with Crippen molar-refractivity contribution in [3.05, 3.63) is 35.9 Å². The summed E-state index contributed by atoms with van der Waals surface area (Å²) >= 11 is 0. The number of hydrogen-bond acceptors (Lipinski definition) is 2. The standard InChI is InChI=1S/C18H30N4O.HI/c1-3-4-5-9-13-20-18(19-2)21-14-12-17(23)22-15-16-10-7-6-8-11-16;/h6-8,10-11H,3-5,9,12-15H2,1-2H3,(H,22,23)(H2,19,20,21);1H. The second-order valence-corrected chi connectivity index (χ2v) is 5.50. The third-order valence-corrected chi connectivity index (χ3v) is 3.52. The molecule has 0 unspecified atom stereocenters. The number of benzene rings is 1. The minimum Gasteiger partial charge on any atom is -0.356 e. The van der Waals surface area contributed by atoms with E-state index in [0.717, 1.165) is 24.5 Å². The lowest BCUT2D eigenvalue weighted by Crippen LogP contribution is -2.39. The Kier molecular flexibility index (Phi) is 14.4. The first-order valence-corrected chi connectivity index (χ1v) is 8.51. The minimum atomic E-state index is 0. The number of carbonyl (C=O) groups excluding carboxylic acids is 1. The summed E-state index contributed by atoms with van der Waals surface area (Å²) in [6, 6.07) is 9.92. The molecule has 0 saturated carbocycles. The van der Waals surface area contributed by atoms with E-state index in [1.165, 1.54) is 19.3 Å². The summed E-state index contributed by atoms with van der Waals surface area (Å²) in [6.07, 6.45) is 5.33. The highest BCUT2D eigenvalue weighted by atomic mass is 127. The first-order chi connectivity index (χ1) is 11.3. The van der Waals surface area contributed by atoms with Crippen LogP contribution in [0.1, 0.15) is 44.6 Å². The molecule has 1 aromatic carbocycles. The Bertz CT molecular complexity index is 465. The molecule has 136 valence electrons. The summed E-state index contributed by atoms with van der Waals surface area (Å²) in [4.78, 5) is 16.0. The molecule has 0 heterocycles. The number of nitrogens with zero attached hydrogens (tertiary/aromatic N) is 1. The number of hydrogen-bond donors (Lipinski definition) is 3. The number of nitrogens with one attached hydrogen (secondary N) is 3. The quantitative estimate of drug-likeness (QED) is 0.224. The Morgan fingerprint density at radius 2 is 1.71 bits per heavy atom. The van der Waals surface area contributed by atoms with Crippen molar-refractivity contribution in [1.29, 1.82) is 0 Å². The molecule has 5 nitrogen and oxygen atoms in total. The molecule has 0 radical (unpaired) electrons. The molecule has 0 atom stereocenters. The SMILES string of the molecule is CCCCCCNC(=NC)NCCC(=O)NCc1ccccc1.I. The number of rotatable bonds is 10. The van der Waals surface area contributed by atoms with Gasteiger partial charge < -0.3 is 16.0 Å². The van der Waals surface area contributed by atoms with Gasteiger partial charge in [-0.05, 0) is 12.0 Å². The van der Waals surface area contributed by atoms with Crippen LogP contribution in [0.15, 0.2) is 35.3 Å². The number of amides is 1. The number of unbranched alkanes of at least 4 members (excludes halogenated alkanes) is 3. The van der Waals surface area contributed by atoms with E-state index in [2.05, 4.69) is 27.9 Å². The van der Waals surface area contributed by atoms with Crippen LogP contribution in [0.2, 0.25) is 0 Å². The van der Waals surface area contributed by atoms with Gasteiger partial charge in [0.15, 0.2) is 5.96 Å². The fourth-order valence-corrected chi connectivity index (χ4v) is 2.16. The average Bonchev–Trinajstić information content (AvgIpc) is 2.59. The maximum atomic E-state index is 11.8. The summed E-state index contributed by atoms with van der Waals surface area (Å²) in [5.74, 6) is 0.803. The zero-order valence-corrected chi connectivity index (χ0v) is 17.1. The van der Waals surface area contributed by atoms with Gasteiger partial charge in [-0.25, -0.2) is 0 Å². The van der Waals surface area contributed by atoms with Crippen LogP contribution in [-0.4, -0.2) is 32.0 Å². The highest BCUT2D eigenvalue weighted by Crippen LogP contribution is 1.98. The summed E-state index contributed by atoms with van der Waals surface area (Å²) < 4.78 is 0. The van der Waals surface area contributed by atoms with Crippen LogP contribution >= 0.6 is 24.0 Å². The summed E-state index contributed by atoms with van der Waals surface area (Å²) in [6.45, 7) is 4.27. The van der Waals surface area contributed by atoms with Crippen LogP contribution in [0, 0.1) is 0 Å². The Labute approximate surface area is 163 Å². The lowest BCUT2D eigenvalue weighted by atomic mass is 10.2. The molecule has 1 amide bonds. The fourth-order valence-electron chi connectivity index (χ4n) is 2.16. The molecule has 1 rings (SSSR count). The van der Waals surface area contributed by atoms with E-state index in [-0.39, 0.29) is 29.9 Å². The zero-order valence-electron chi connectivity index (χ0n) is 14.8. The molecule has 0 aromatic heterocycles. The van der Waals surface area contributed by atoms with Crippen LogP contribution in [-0.2, 0) is 11.3 Å². The van der Waals surface area contributed by atoms with E-state index < -0.39 is 0 Å². The van der Waals surface area contributed by atoms with Gasteiger partial charge in [-0.2, -0.15) is 0 Å². The maximum absolute atomic E-state index is 11.8. The minimum absolute atomic E-state index is 0. The lowest BCUT2D eigenvalue weighted by molar-refractivity contribution is -0.121. The Morgan fingerprint density at radius 1 is 1.00 bits per heavy atom. The average molecular weight is 446 g/mol. The molecule has 1 aromatic rings. The van der Waals surface area contributed by atoms with Gasteiger partial charge in [-0.3, -0.25) is 9.79 Å². The van der Waals surface area contributed by atoms with E-state index in [0.29, 0.717) is 19.5 Å². The van der Waals surface area contributed by atoms with E-state index in [1.54, 1.807) is 7.05 Å². The fraction of sp³-hybridized carbons (Fsp3) is 0.556. The van der Waals surface area contributed by atoms with Gasteiger partial charge in [0.2, 0.25) is 5.91 Å². The molecule has 0 aliphatic heterocycles. The van der Waals surface area contributed by atoms with Crippen molar-refractivity contribution in [3.63, 3.8) is 0 Å². The molecule has 24 heavy (non-hydrogen) atoms. The van der Waals surface area contributed by atoms with Gasteiger partial charge in [0.25, 0.3) is 0 Å². The molecule has 0 fully saturated rings. The topological polar surface area (TPSA) is 65.5 Å². The second kappa shape index (κ2) is 15.2. The third kappa shape index (κ3) is 11.3. The van der Waals surface area contributed by atoms with Gasteiger partial charge >= 0.3 is 0 Å². The largest absolute Gasteiger partial charge is 0.356 e. The second-order valence-electron chi connectivity index (χ2n) is 5.50. The summed E-state index contributed by atoms with van der Waals surface area (Å²) in [5.41, 5.74) is 1.11. The molecule has 0 spiro atoms. The van der Waals surface area contributed by atoms with Gasteiger partial charge in [0.05, 0.1) is 0 Å². The van der Waals surface area contributed by atoms with Crippen molar-refractivity contribution in [2.24, 2.45) is 4.99 Å². The van der Waals surface area contributed by atoms with E-state index in [1.807, 2.05) is 30.3 Å². The van der Waals surface area contributed by atoms with E-state index in [9.17, 15) is 4.79 Å². The monoisotopic (exact) mass is 446 g/mol. The van der Waals surface area contributed by atoms with Crippen LogP contribution in [0.4, 0.5) is 0 Å². The van der Waals surface area contributed by atoms with Crippen molar-refractivity contribution in [2.75, 3.05) is 20.1 Å². The molecule has 0 aliphatic rings. The van der Waals surface area contributed by atoms with Crippen LogP contribution in [0.5, 0.6) is 0 Å². The molecular weight excluding hydrogens is 415 g/mol. The molecule has 6 heteroatoms. The van der Waals surface area contributed by atoms with Gasteiger partial charge in [-0.1, -0.05) is 56.5 Å². The van der Waals surface area contributed by atoms with E-state index in [4.69, 9.17) is 0 Å². The first kappa shape index (κ1) is 22.7. The van der Waals surface area contributed by atoms with Crippen molar-refractivity contribution in [2.45, 2.75) is 45.6 Å². The predicted molar refractivity (Wildman–Crippen MR) is 112 cm³/mol. The third-order valence-electron chi connectivity index (χ3n) is 3.52. The Balaban J connectivity index is 0.00000529.